The van der Waals surface area contributed by atoms with Crippen LogP contribution in [-0.2, 0) is 6.54 Å². The lowest BCUT2D eigenvalue weighted by atomic mass is 10.0. The maximum Gasteiger partial charge on any atom is 0.254 e. The summed E-state index contributed by atoms with van der Waals surface area (Å²) in [5, 5.41) is 2.82. The molecule has 2 aromatic carbocycles. The first-order valence-corrected chi connectivity index (χ1v) is 8.14. The Hall–Kier alpha value is -2.27. The molecule has 0 atom stereocenters. The van der Waals surface area contributed by atoms with Gasteiger partial charge >= 0.3 is 0 Å². The second-order valence-corrected chi connectivity index (χ2v) is 6.13. The molecule has 0 aromatic heterocycles. The molecule has 0 spiro atoms. The number of nitrogens with one attached hydrogen (secondary N) is 1. The molecule has 0 unspecified atom stereocenters. The van der Waals surface area contributed by atoms with E-state index in [2.05, 4.69) is 22.3 Å². The van der Waals surface area contributed by atoms with Gasteiger partial charge in [0.1, 0.15) is 11.6 Å². The van der Waals surface area contributed by atoms with Gasteiger partial charge in [-0.15, -0.1) is 0 Å². The zero-order chi connectivity index (χ0) is 16.9. The lowest BCUT2D eigenvalue weighted by molar-refractivity contribution is 0.0904. The fourth-order valence-electron chi connectivity index (χ4n) is 3.01. The zero-order valence-electron chi connectivity index (χ0n) is 13.3. The van der Waals surface area contributed by atoms with Gasteiger partial charge in [-0.25, -0.2) is 8.78 Å². The molecule has 1 heterocycles. The fourth-order valence-corrected chi connectivity index (χ4v) is 3.01. The Morgan fingerprint density at radius 1 is 1.08 bits per heavy atom. The Kier molecular flexibility index (Phi) is 5.20. The average Bonchev–Trinajstić information content (AvgIpc) is 2.59. The standard InChI is InChI=1S/C19H20F2N2O/c20-15-6-7-18(21)17(12-15)19(24)22-16-8-10-23(11-9-16)13-14-4-2-1-3-5-14/h1-7,12,16H,8-11,13H2,(H,22,24). The van der Waals surface area contributed by atoms with Crippen LogP contribution in [0.15, 0.2) is 48.5 Å². The molecular formula is C19H20F2N2O. The largest absolute Gasteiger partial charge is 0.349 e. The molecule has 5 heteroatoms. The van der Waals surface area contributed by atoms with Crippen molar-refractivity contribution in [3.8, 4) is 0 Å². The van der Waals surface area contributed by atoms with Crippen molar-refractivity contribution >= 4 is 5.91 Å². The minimum atomic E-state index is -0.699. The van der Waals surface area contributed by atoms with Crippen LogP contribution in [0.1, 0.15) is 28.8 Å². The smallest absolute Gasteiger partial charge is 0.254 e. The molecule has 1 amide bonds. The molecular weight excluding hydrogens is 310 g/mol. The van der Waals surface area contributed by atoms with Gasteiger partial charge in [0.15, 0.2) is 0 Å². The van der Waals surface area contributed by atoms with Crippen LogP contribution in [0.25, 0.3) is 0 Å². The summed E-state index contributed by atoms with van der Waals surface area (Å²) >= 11 is 0. The van der Waals surface area contributed by atoms with Gasteiger partial charge in [0, 0.05) is 25.7 Å². The molecule has 3 rings (SSSR count). The second-order valence-electron chi connectivity index (χ2n) is 6.13. The molecule has 1 fully saturated rings. The van der Waals surface area contributed by atoms with Gasteiger partial charge in [0.2, 0.25) is 0 Å². The third-order valence-corrected chi connectivity index (χ3v) is 4.34. The van der Waals surface area contributed by atoms with E-state index >= 15 is 0 Å². The summed E-state index contributed by atoms with van der Waals surface area (Å²) in [4.78, 5) is 14.5. The second kappa shape index (κ2) is 7.53. The van der Waals surface area contributed by atoms with Crippen LogP contribution in [0, 0.1) is 11.6 Å². The number of piperidine rings is 1. The van der Waals surface area contributed by atoms with E-state index in [1.54, 1.807) is 0 Å². The molecule has 0 saturated carbocycles. The van der Waals surface area contributed by atoms with E-state index in [-0.39, 0.29) is 11.6 Å². The fraction of sp³-hybridized carbons (Fsp3) is 0.316. The molecule has 0 radical (unpaired) electrons. The summed E-state index contributed by atoms with van der Waals surface area (Å²) in [6.07, 6.45) is 1.60. The zero-order valence-corrected chi connectivity index (χ0v) is 13.3. The van der Waals surface area contributed by atoms with E-state index < -0.39 is 17.5 Å². The van der Waals surface area contributed by atoms with Gasteiger partial charge in [0.25, 0.3) is 5.91 Å². The number of likely N-dealkylation sites (tertiary alicyclic amines) is 1. The van der Waals surface area contributed by atoms with Crippen LogP contribution in [0.2, 0.25) is 0 Å². The Balaban J connectivity index is 1.52. The van der Waals surface area contributed by atoms with E-state index in [0.29, 0.717) is 0 Å². The first kappa shape index (κ1) is 16.6. The van der Waals surface area contributed by atoms with Crippen molar-refractivity contribution in [1.29, 1.82) is 0 Å². The number of hydrogen-bond donors (Lipinski definition) is 1. The van der Waals surface area contributed by atoms with Crippen molar-refractivity contribution < 1.29 is 13.6 Å². The lowest BCUT2D eigenvalue weighted by Gasteiger charge is -2.32. The predicted octanol–water partition coefficient (Wildman–Crippen LogP) is 3.36. The van der Waals surface area contributed by atoms with E-state index in [1.165, 1.54) is 5.56 Å². The highest BCUT2D eigenvalue weighted by molar-refractivity contribution is 5.94. The Labute approximate surface area is 140 Å². The third-order valence-electron chi connectivity index (χ3n) is 4.34. The number of carbonyl (C=O) groups excluding carboxylic acids is 1. The van der Waals surface area contributed by atoms with E-state index in [0.717, 1.165) is 50.7 Å². The van der Waals surface area contributed by atoms with E-state index in [9.17, 15) is 13.6 Å². The number of rotatable bonds is 4. The molecule has 24 heavy (non-hydrogen) atoms. The highest BCUT2D eigenvalue weighted by atomic mass is 19.1. The molecule has 3 nitrogen and oxygen atoms in total. The molecule has 2 aromatic rings. The minimum Gasteiger partial charge on any atom is -0.349 e. The maximum absolute atomic E-state index is 13.6. The number of benzene rings is 2. The maximum atomic E-state index is 13.6. The topological polar surface area (TPSA) is 32.3 Å². The molecule has 126 valence electrons. The summed E-state index contributed by atoms with van der Waals surface area (Å²) in [6.45, 7) is 2.62. The summed E-state index contributed by atoms with van der Waals surface area (Å²) in [6, 6.07) is 13.2. The average molecular weight is 330 g/mol. The lowest BCUT2D eigenvalue weighted by Crippen LogP contribution is -2.44. The molecule has 1 aliphatic rings. The van der Waals surface area contributed by atoms with Crippen LogP contribution in [-0.4, -0.2) is 29.9 Å². The van der Waals surface area contributed by atoms with Crippen LogP contribution in [0.3, 0.4) is 0 Å². The first-order chi connectivity index (χ1) is 11.6. The van der Waals surface area contributed by atoms with E-state index in [1.807, 2.05) is 18.2 Å². The van der Waals surface area contributed by atoms with Crippen molar-refractivity contribution in [3.63, 3.8) is 0 Å². The highest BCUT2D eigenvalue weighted by Crippen LogP contribution is 2.15. The monoisotopic (exact) mass is 330 g/mol. The molecule has 1 aliphatic heterocycles. The van der Waals surface area contributed by atoms with Gasteiger partial charge in [-0.1, -0.05) is 30.3 Å². The first-order valence-electron chi connectivity index (χ1n) is 8.14. The van der Waals surface area contributed by atoms with Crippen LogP contribution in [0.5, 0.6) is 0 Å². The number of amides is 1. The minimum absolute atomic E-state index is 0.00723. The van der Waals surface area contributed by atoms with Gasteiger partial charge in [-0.2, -0.15) is 0 Å². The quantitative estimate of drug-likeness (QED) is 0.932. The van der Waals surface area contributed by atoms with Crippen molar-refractivity contribution in [3.05, 3.63) is 71.3 Å². The third kappa shape index (κ3) is 4.17. The van der Waals surface area contributed by atoms with Crippen LogP contribution < -0.4 is 5.32 Å². The molecule has 0 aliphatic carbocycles. The van der Waals surface area contributed by atoms with Crippen molar-refractivity contribution in [2.75, 3.05) is 13.1 Å². The Morgan fingerprint density at radius 3 is 2.50 bits per heavy atom. The van der Waals surface area contributed by atoms with Crippen molar-refractivity contribution in [2.45, 2.75) is 25.4 Å². The SMILES string of the molecule is O=C(NC1CCN(Cc2ccccc2)CC1)c1cc(F)ccc1F. The van der Waals surface area contributed by atoms with Crippen LogP contribution >= 0.6 is 0 Å². The number of nitrogens with zero attached hydrogens (tertiary/aromatic N) is 1. The summed E-state index contributed by atoms with van der Waals surface area (Å²) in [7, 11) is 0. The normalized spacial score (nSPS) is 16.1. The van der Waals surface area contributed by atoms with Crippen molar-refractivity contribution in [1.82, 2.24) is 10.2 Å². The molecule has 1 N–H and O–H groups in total. The van der Waals surface area contributed by atoms with Gasteiger partial charge in [-0.3, -0.25) is 9.69 Å². The molecule has 0 bridgehead atoms. The van der Waals surface area contributed by atoms with Crippen LogP contribution in [0.4, 0.5) is 8.78 Å². The van der Waals surface area contributed by atoms with Gasteiger partial charge in [0.05, 0.1) is 5.56 Å². The molecule has 1 saturated heterocycles. The highest BCUT2D eigenvalue weighted by Gasteiger charge is 2.22. The van der Waals surface area contributed by atoms with Gasteiger partial charge < -0.3 is 5.32 Å². The number of carbonyl (C=O) groups is 1. The number of hydrogen-bond acceptors (Lipinski definition) is 2. The Morgan fingerprint density at radius 2 is 1.79 bits per heavy atom. The van der Waals surface area contributed by atoms with E-state index in [4.69, 9.17) is 0 Å². The summed E-state index contributed by atoms with van der Waals surface area (Å²) in [5.41, 5.74) is 1.03. The van der Waals surface area contributed by atoms with Gasteiger partial charge in [-0.05, 0) is 36.6 Å². The summed E-state index contributed by atoms with van der Waals surface area (Å²) < 4.78 is 26.8. The van der Waals surface area contributed by atoms with Crippen molar-refractivity contribution in [2.24, 2.45) is 0 Å². The predicted molar refractivity (Wildman–Crippen MR) is 88.6 cm³/mol. The number of halogens is 2. The Bertz CT molecular complexity index is 698. The summed E-state index contributed by atoms with van der Waals surface area (Å²) in [5.74, 6) is -1.86.